The Bertz CT molecular complexity index is 460. The number of carbonyl (C=O) groups is 1. The van der Waals surface area contributed by atoms with Gasteiger partial charge in [0, 0.05) is 24.7 Å². The number of piperidine rings is 1. The zero-order chi connectivity index (χ0) is 14.0. The van der Waals surface area contributed by atoms with Gasteiger partial charge in [-0.15, -0.1) is 0 Å². The molecule has 0 aliphatic carbocycles. The van der Waals surface area contributed by atoms with E-state index in [1.165, 1.54) is 5.56 Å². The van der Waals surface area contributed by atoms with Crippen molar-refractivity contribution in [3.8, 4) is 0 Å². The summed E-state index contributed by atoms with van der Waals surface area (Å²) in [5.74, 6) is 0.726. The van der Waals surface area contributed by atoms with Gasteiger partial charge in [0.15, 0.2) is 0 Å². The van der Waals surface area contributed by atoms with Gasteiger partial charge in [0.25, 0.3) is 5.91 Å². The average Bonchev–Trinajstić information content (AvgIpc) is 2.38. The number of rotatable bonds is 2. The highest BCUT2D eigenvalue weighted by atomic mass is 16.2. The van der Waals surface area contributed by atoms with Crippen molar-refractivity contribution in [1.29, 1.82) is 0 Å². The van der Waals surface area contributed by atoms with Gasteiger partial charge in [0.1, 0.15) is 0 Å². The standard InChI is InChI=1S/C16H24N2O/c1-11-4-5-15(12(2)10-11)16(19)18-8-6-14(7-9-18)13(3)17/h4-5,10,13-14H,6-9,17H2,1-3H3/t13-/m0/s1. The number of likely N-dealkylation sites (tertiary alicyclic amines) is 1. The third-order valence-electron chi connectivity index (χ3n) is 4.18. The molecule has 1 fully saturated rings. The highest BCUT2D eigenvalue weighted by molar-refractivity contribution is 5.95. The SMILES string of the molecule is Cc1ccc(C(=O)N2CCC([C@H](C)N)CC2)c(C)c1. The van der Waals surface area contributed by atoms with Crippen LogP contribution >= 0.6 is 0 Å². The van der Waals surface area contributed by atoms with Gasteiger partial charge in [-0.05, 0) is 51.2 Å². The highest BCUT2D eigenvalue weighted by Crippen LogP contribution is 2.22. The zero-order valence-corrected chi connectivity index (χ0v) is 12.1. The minimum absolute atomic E-state index is 0.167. The largest absolute Gasteiger partial charge is 0.339 e. The van der Waals surface area contributed by atoms with Gasteiger partial charge in [-0.3, -0.25) is 4.79 Å². The van der Waals surface area contributed by atoms with E-state index >= 15 is 0 Å². The van der Waals surface area contributed by atoms with Crippen molar-refractivity contribution in [2.45, 2.75) is 39.7 Å². The summed E-state index contributed by atoms with van der Waals surface area (Å²) in [6, 6.07) is 6.26. The van der Waals surface area contributed by atoms with Crippen LogP contribution in [0.2, 0.25) is 0 Å². The maximum absolute atomic E-state index is 12.5. The number of benzene rings is 1. The lowest BCUT2D eigenvalue weighted by molar-refractivity contribution is 0.0680. The lowest BCUT2D eigenvalue weighted by Crippen LogP contribution is -2.42. The van der Waals surface area contributed by atoms with E-state index in [9.17, 15) is 4.79 Å². The fraction of sp³-hybridized carbons (Fsp3) is 0.562. The fourth-order valence-electron chi connectivity index (χ4n) is 2.85. The van der Waals surface area contributed by atoms with Crippen LogP contribution in [0.15, 0.2) is 18.2 Å². The van der Waals surface area contributed by atoms with E-state index in [-0.39, 0.29) is 11.9 Å². The molecular formula is C16H24N2O. The minimum atomic E-state index is 0.167. The van der Waals surface area contributed by atoms with Crippen molar-refractivity contribution in [3.63, 3.8) is 0 Å². The lowest BCUT2D eigenvalue weighted by atomic mass is 9.90. The molecule has 3 heteroatoms. The van der Waals surface area contributed by atoms with Crippen molar-refractivity contribution in [2.24, 2.45) is 11.7 Å². The van der Waals surface area contributed by atoms with Gasteiger partial charge in [-0.2, -0.15) is 0 Å². The minimum Gasteiger partial charge on any atom is -0.339 e. The molecule has 0 spiro atoms. The molecule has 0 aromatic heterocycles. The third-order valence-corrected chi connectivity index (χ3v) is 4.18. The molecule has 104 valence electrons. The third kappa shape index (κ3) is 3.16. The molecule has 1 aliphatic heterocycles. The van der Waals surface area contributed by atoms with E-state index in [0.717, 1.165) is 37.1 Å². The van der Waals surface area contributed by atoms with E-state index < -0.39 is 0 Å². The Balaban J connectivity index is 2.05. The first-order chi connectivity index (χ1) is 8.99. The number of amides is 1. The molecule has 1 atom stereocenters. The summed E-state index contributed by atoms with van der Waals surface area (Å²) in [6.45, 7) is 7.79. The molecule has 1 aromatic rings. The lowest BCUT2D eigenvalue weighted by Gasteiger charge is -2.34. The molecule has 3 nitrogen and oxygen atoms in total. The van der Waals surface area contributed by atoms with Crippen LogP contribution in [0, 0.1) is 19.8 Å². The number of nitrogens with zero attached hydrogens (tertiary/aromatic N) is 1. The molecule has 1 aromatic carbocycles. The maximum atomic E-state index is 12.5. The average molecular weight is 260 g/mol. The van der Waals surface area contributed by atoms with Crippen molar-refractivity contribution in [3.05, 3.63) is 34.9 Å². The first-order valence-corrected chi connectivity index (χ1v) is 7.11. The normalized spacial score (nSPS) is 18.4. The summed E-state index contributed by atoms with van der Waals surface area (Å²) in [6.07, 6.45) is 2.04. The number of nitrogens with two attached hydrogens (primary N) is 1. The first kappa shape index (κ1) is 14.1. The number of aryl methyl sites for hydroxylation is 2. The van der Waals surface area contributed by atoms with Crippen LogP contribution in [0.5, 0.6) is 0 Å². The quantitative estimate of drug-likeness (QED) is 0.888. The molecule has 1 amide bonds. The highest BCUT2D eigenvalue weighted by Gasteiger charge is 2.25. The molecule has 1 saturated heterocycles. The number of carbonyl (C=O) groups excluding carboxylic acids is 1. The molecule has 19 heavy (non-hydrogen) atoms. The van der Waals surface area contributed by atoms with Gasteiger partial charge in [-0.25, -0.2) is 0 Å². The van der Waals surface area contributed by atoms with E-state index in [2.05, 4.69) is 19.9 Å². The van der Waals surface area contributed by atoms with Gasteiger partial charge in [-0.1, -0.05) is 17.7 Å². The van der Waals surface area contributed by atoms with Crippen LogP contribution in [-0.2, 0) is 0 Å². The summed E-state index contributed by atoms with van der Waals surface area (Å²) >= 11 is 0. The predicted octanol–water partition coefficient (Wildman–Crippen LogP) is 2.50. The van der Waals surface area contributed by atoms with Crippen molar-refractivity contribution >= 4 is 5.91 Å². The Morgan fingerprint density at radius 2 is 1.95 bits per heavy atom. The smallest absolute Gasteiger partial charge is 0.254 e. The number of hydrogen-bond donors (Lipinski definition) is 1. The van der Waals surface area contributed by atoms with Crippen LogP contribution in [-0.4, -0.2) is 29.9 Å². The second-order valence-electron chi connectivity index (χ2n) is 5.81. The van der Waals surface area contributed by atoms with E-state index in [0.29, 0.717) is 5.92 Å². The fourth-order valence-corrected chi connectivity index (χ4v) is 2.85. The predicted molar refractivity (Wildman–Crippen MR) is 78.2 cm³/mol. The Morgan fingerprint density at radius 3 is 2.47 bits per heavy atom. The van der Waals surface area contributed by atoms with Crippen LogP contribution in [0.3, 0.4) is 0 Å². The molecule has 2 N–H and O–H groups in total. The topological polar surface area (TPSA) is 46.3 Å². The van der Waals surface area contributed by atoms with Crippen molar-refractivity contribution in [2.75, 3.05) is 13.1 Å². The summed E-state index contributed by atoms with van der Waals surface area (Å²) in [4.78, 5) is 14.5. The maximum Gasteiger partial charge on any atom is 0.254 e. The molecule has 0 bridgehead atoms. The van der Waals surface area contributed by atoms with E-state index in [4.69, 9.17) is 5.73 Å². The van der Waals surface area contributed by atoms with Crippen LogP contribution in [0.25, 0.3) is 0 Å². The van der Waals surface area contributed by atoms with Gasteiger partial charge < -0.3 is 10.6 Å². The summed E-state index contributed by atoms with van der Waals surface area (Å²) in [5.41, 5.74) is 9.04. The second kappa shape index (κ2) is 5.74. The number of hydrogen-bond acceptors (Lipinski definition) is 2. The molecule has 0 radical (unpaired) electrons. The van der Waals surface area contributed by atoms with Gasteiger partial charge in [0.05, 0.1) is 0 Å². The second-order valence-corrected chi connectivity index (χ2v) is 5.81. The van der Waals surface area contributed by atoms with Crippen molar-refractivity contribution in [1.82, 2.24) is 4.90 Å². The van der Waals surface area contributed by atoms with Gasteiger partial charge >= 0.3 is 0 Å². The first-order valence-electron chi connectivity index (χ1n) is 7.11. The molecule has 0 saturated carbocycles. The molecular weight excluding hydrogens is 236 g/mol. The van der Waals surface area contributed by atoms with Crippen LogP contribution in [0.1, 0.15) is 41.3 Å². The Kier molecular flexibility index (Phi) is 4.25. The van der Waals surface area contributed by atoms with Gasteiger partial charge in [0.2, 0.25) is 0 Å². The summed E-state index contributed by atoms with van der Waals surface area (Å²) in [7, 11) is 0. The molecule has 0 unspecified atom stereocenters. The Labute approximate surface area is 115 Å². The Hall–Kier alpha value is -1.35. The van der Waals surface area contributed by atoms with E-state index in [1.54, 1.807) is 0 Å². The molecule has 1 aliphatic rings. The summed E-state index contributed by atoms with van der Waals surface area (Å²) < 4.78 is 0. The molecule has 2 rings (SSSR count). The van der Waals surface area contributed by atoms with Crippen LogP contribution in [0.4, 0.5) is 0 Å². The summed E-state index contributed by atoms with van der Waals surface area (Å²) in [5, 5.41) is 0. The monoisotopic (exact) mass is 260 g/mol. The van der Waals surface area contributed by atoms with Crippen molar-refractivity contribution < 1.29 is 4.79 Å². The molecule has 1 heterocycles. The van der Waals surface area contributed by atoms with E-state index in [1.807, 2.05) is 24.0 Å². The zero-order valence-electron chi connectivity index (χ0n) is 12.1. The Morgan fingerprint density at radius 1 is 1.32 bits per heavy atom. The van der Waals surface area contributed by atoms with Crippen LogP contribution < -0.4 is 5.73 Å².